The molecule has 32 heavy (non-hydrogen) atoms. The summed E-state index contributed by atoms with van der Waals surface area (Å²) in [6.07, 6.45) is -1.18. The molecule has 4 rings (SSSR count). The number of halogens is 3. The van der Waals surface area contributed by atoms with Crippen molar-refractivity contribution in [3.05, 3.63) is 89.1 Å². The molecule has 1 aromatic heterocycles. The predicted octanol–water partition coefficient (Wildman–Crippen LogP) is 5.76. The van der Waals surface area contributed by atoms with Crippen molar-refractivity contribution in [2.75, 3.05) is 13.1 Å². The van der Waals surface area contributed by atoms with E-state index < -0.39 is 11.7 Å². The highest BCUT2D eigenvalue weighted by atomic mass is 19.4. The van der Waals surface area contributed by atoms with E-state index in [9.17, 15) is 18.3 Å². The van der Waals surface area contributed by atoms with Crippen LogP contribution in [0.1, 0.15) is 41.0 Å². The maximum Gasteiger partial charge on any atom is 0.416 e. The molecular formula is C25H25F3N2O2. The van der Waals surface area contributed by atoms with Gasteiger partial charge in [-0.05, 0) is 78.9 Å². The van der Waals surface area contributed by atoms with Crippen LogP contribution in [0.4, 0.5) is 13.2 Å². The third-order valence-corrected chi connectivity index (χ3v) is 5.86. The quantitative estimate of drug-likeness (QED) is 0.527. The van der Waals surface area contributed by atoms with Gasteiger partial charge in [0, 0.05) is 18.8 Å². The normalized spacial score (nSPS) is 15.6. The number of ether oxygens (including phenoxy) is 1. The summed E-state index contributed by atoms with van der Waals surface area (Å²) in [6, 6.07) is 17.0. The SMILES string of the molecule is OCc1ccc(C(F)(F)F)cc1C1CCN(Cc2ccc(Oc3ccccn3)cc2)CC1. The number of aromatic nitrogens is 1. The van der Waals surface area contributed by atoms with E-state index in [4.69, 9.17) is 4.74 Å². The molecule has 1 fully saturated rings. The number of alkyl halides is 3. The highest BCUT2D eigenvalue weighted by Crippen LogP contribution is 2.36. The van der Waals surface area contributed by atoms with Crippen LogP contribution < -0.4 is 4.74 Å². The molecule has 1 saturated heterocycles. The molecule has 0 bridgehead atoms. The van der Waals surface area contributed by atoms with E-state index in [-0.39, 0.29) is 12.5 Å². The summed E-state index contributed by atoms with van der Waals surface area (Å²) in [6.45, 7) is 2.10. The number of piperidine rings is 1. The lowest BCUT2D eigenvalue weighted by molar-refractivity contribution is -0.137. The third kappa shape index (κ3) is 5.47. The Labute approximate surface area is 185 Å². The zero-order valence-corrected chi connectivity index (χ0v) is 17.6. The fraction of sp³-hybridized carbons (Fsp3) is 0.320. The summed E-state index contributed by atoms with van der Waals surface area (Å²) < 4.78 is 45.1. The van der Waals surface area contributed by atoms with E-state index >= 15 is 0 Å². The van der Waals surface area contributed by atoms with Gasteiger partial charge >= 0.3 is 6.18 Å². The number of aliphatic hydroxyl groups excluding tert-OH is 1. The molecule has 0 unspecified atom stereocenters. The van der Waals surface area contributed by atoms with Gasteiger partial charge in [-0.1, -0.05) is 24.3 Å². The van der Waals surface area contributed by atoms with Gasteiger partial charge < -0.3 is 9.84 Å². The highest BCUT2D eigenvalue weighted by Gasteiger charge is 2.32. The summed E-state index contributed by atoms with van der Waals surface area (Å²) in [7, 11) is 0. The van der Waals surface area contributed by atoms with Crippen molar-refractivity contribution in [3.8, 4) is 11.6 Å². The van der Waals surface area contributed by atoms with Gasteiger partial charge in [0.1, 0.15) is 5.75 Å². The topological polar surface area (TPSA) is 45.6 Å². The molecule has 0 saturated carbocycles. The number of benzene rings is 2. The van der Waals surface area contributed by atoms with Crippen LogP contribution in [0.2, 0.25) is 0 Å². The fourth-order valence-corrected chi connectivity index (χ4v) is 4.15. The molecule has 168 valence electrons. The minimum absolute atomic E-state index is 0.0184. The van der Waals surface area contributed by atoms with E-state index in [2.05, 4.69) is 9.88 Å². The van der Waals surface area contributed by atoms with Crippen LogP contribution in [-0.2, 0) is 19.3 Å². The number of rotatable bonds is 6. The van der Waals surface area contributed by atoms with Crippen LogP contribution >= 0.6 is 0 Å². The number of aliphatic hydroxyl groups is 1. The summed E-state index contributed by atoms with van der Waals surface area (Å²) in [5.41, 5.74) is 1.70. The van der Waals surface area contributed by atoms with E-state index in [1.165, 1.54) is 12.1 Å². The van der Waals surface area contributed by atoms with Crippen LogP contribution in [0.15, 0.2) is 66.9 Å². The van der Waals surface area contributed by atoms with Gasteiger partial charge in [0.2, 0.25) is 5.88 Å². The fourth-order valence-electron chi connectivity index (χ4n) is 4.15. The average Bonchev–Trinajstić information content (AvgIpc) is 2.80. The minimum Gasteiger partial charge on any atom is -0.439 e. The number of hydrogen-bond donors (Lipinski definition) is 1. The molecule has 0 amide bonds. The summed E-state index contributed by atoms with van der Waals surface area (Å²) in [5, 5.41) is 9.60. The molecule has 1 aliphatic rings. The molecule has 0 radical (unpaired) electrons. The lowest BCUT2D eigenvalue weighted by atomic mass is 9.85. The Hall–Kier alpha value is -2.90. The van der Waals surface area contributed by atoms with Crippen molar-refractivity contribution in [2.45, 2.75) is 38.1 Å². The lowest BCUT2D eigenvalue weighted by Gasteiger charge is -2.33. The van der Waals surface area contributed by atoms with Gasteiger partial charge in [0.05, 0.1) is 12.2 Å². The van der Waals surface area contributed by atoms with Gasteiger partial charge in [0.15, 0.2) is 0 Å². The van der Waals surface area contributed by atoms with Crippen molar-refractivity contribution < 1.29 is 23.0 Å². The Morgan fingerprint density at radius 3 is 2.38 bits per heavy atom. The van der Waals surface area contributed by atoms with Gasteiger partial charge in [-0.3, -0.25) is 4.90 Å². The Morgan fingerprint density at radius 1 is 1.00 bits per heavy atom. The Bertz CT molecular complexity index is 1020. The maximum atomic E-state index is 13.1. The van der Waals surface area contributed by atoms with E-state index in [1.54, 1.807) is 12.3 Å². The largest absolute Gasteiger partial charge is 0.439 e. The molecular weight excluding hydrogens is 417 g/mol. The molecule has 0 spiro atoms. The van der Waals surface area contributed by atoms with Gasteiger partial charge in [-0.15, -0.1) is 0 Å². The molecule has 0 aliphatic carbocycles. The summed E-state index contributed by atoms with van der Waals surface area (Å²) in [5.74, 6) is 1.27. The third-order valence-electron chi connectivity index (χ3n) is 5.86. The number of hydrogen-bond acceptors (Lipinski definition) is 4. The average molecular weight is 442 g/mol. The Morgan fingerprint density at radius 2 is 1.75 bits per heavy atom. The molecule has 0 atom stereocenters. The Balaban J connectivity index is 1.35. The van der Waals surface area contributed by atoms with E-state index in [0.717, 1.165) is 44.1 Å². The van der Waals surface area contributed by atoms with Crippen LogP contribution in [0, 0.1) is 0 Å². The van der Waals surface area contributed by atoms with Crippen molar-refractivity contribution in [1.82, 2.24) is 9.88 Å². The van der Waals surface area contributed by atoms with Crippen molar-refractivity contribution in [2.24, 2.45) is 0 Å². The second kappa shape index (κ2) is 9.71. The van der Waals surface area contributed by atoms with Crippen molar-refractivity contribution in [3.63, 3.8) is 0 Å². The van der Waals surface area contributed by atoms with Gasteiger partial charge in [-0.2, -0.15) is 13.2 Å². The molecule has 4 nitrogen and oxygen atoms in total. The second-order valence-electron chi connectivity index (χ2n) is 8.03. The molecule has 7 heteroatoms. The first-order valence-electron chi connectivity index (χ1n) is 10.6. The molecule has 3 aromatic rings. The van der Waals surface area contributed by atoms with Gasteiger partial charge in [0.25, 0.3) is 0 Å². The van der Waals surface area contributed by atoms with E-state index in [1.807, 2.05) is 36.4 Å². The first-order chi connectivity index (χ1) is 15.4. The summed E-state index contributed by atoms with van der Waals surface area (Å²) in [4.78, 5) is 6.45. The first kappa shape index (κ1) is 22.3. The lowest BCUT2D eigenvalue weighted by Crippen LogP contribution is -2.32. The summed E-state index contributed by atoms with van der Waals surface area (Å²) >= 11 is 0. The monoisotopic (exact) mass is 442 g/mol. The smallest absolute Gasteiger partial charge is 0.416 e. The minimum atomic E-state index is -4.38. The Kier molecular flexibility index (Phi) is 6.77. The maximum absolute atomic E-state index is 13.1. The zero-order valence-electron chi connectivity index (χ0n) is 17.6. The van der Waals surface area contributed by atoms with Crippen molar-refractivity contribution in [1.29, 1.82) is 0 Å². The molecule has 2 heterocycles. The number of pyridine rings is 1. The predicted molar refractivity (Wildman–Crippen MR) is 115 cm³/mol. The van der Waals surface area contributed by atoms with Gasteiger partial charge in [-0.25, -0.2) is 4.98 Å². The number of likely N-dealkylation sites (tertiary alicyclic amines) is 1. The molecule has 1 N–H and O–H groups in total. The molecule has 1 aliphatic heterocycles. The van der Waals surface area contributed by atoms with Crippen LogP contribution in [-0.4, -0.2) is 28.1 Å². The van der Waals surface area contributed by atoms with Crippen molar-refractivity contribution >= 4 is 0 Å². The van der Waals surface area contributed by atoms with E-state index in [0.29, 0.717) is 22.8 Å². The van der Waals surface area contributed by atoms with Crippen LogP contribution in [0.5, 0.6) is 11.6 Å². The molecule has 2 aromatic carbocycles. The van der Waals surface area contributed by atoms with Crippen LogP contribution in [0.25, 0.3) is 0 Å². The standard InChI is InChI=1S/C25H25F3N2O2/c26-25(27,28)21-7-6-20(17-31)23(15-21)19-10-13-30(14-11-19)16-18-4-8-22(9-5-18)32-24-3-1-2-12-29-24/h1-9,12,15,19,31H,10-11,13-14,16-17H2. The van der Waals surface area contributed by atoms with Crippen LogP contribution in [0.3, 0.4) is 0 Å². The zero-order chi connectivity index (χ0) is 22.6. The first-order valence-corrected chi connectivity index (χ1v) is 10.6. The number of nitrogens with zero attached hydrogens (tertiary/aromatic N) is 2. The highest BCUT2D eigenvalue weighted by molar-refractivity contribution is 5.36. The second-order valence-corrected chi connectivity index (χ2v) is 8.03.